The van der Waals surface area contributed by atoms with Crippen molar-refractivity contribution in [3.05, 3.63) is 139 Å². The molecule has 0 unspecified atom stereocenters. The van der Waals surface area contributed by atoms with Crippen LogP contribution in [0.3, 0.4) is 0 Å². The first-order valence-corrected chi connectivity index (χ1v) is 15.7. The molecule has 4 aromatic rings. The van der Waals surface area contributed by atoms with E-state index in [0.717, 1.165) is 11.1 Å². The van der Waals surface area contributed by atoms with Gasteiger partial charge in [0.1, 0.15) is 13.1 Å². The maximum absolute atomic E-state index is 13.9. The highest BCUT2D eigenvalue weighted by molar-refractivity contribution is 6.31. The van der Waals surface area contributed by atoms with E-state index in [9.17, 15) is 29.8 Å². The number of nitrogens with zero attached hydrogens (tertiary/aromatic N) is 4. The lowest BCUT2D eigenvalue weighted by atomic mass is 9.82. The number of nitro groups is 2. The Hall–Kier alpha value is -4.88. The molecule has 2 N–H and O–H groups in total. The number of nitro benzene ring substituents is 2. The molecule has 14 heteroatoms. The summed E-state index contributed by atoms with van der Waals surface area (Å²) in [6, 6.07) is 23.7. The first-order valence-electron chi connectivity index (χ1n) is 15.7. The van der Waals surface area contributed by atoms with Gasteiger partial charge in [0.25, 0.3) is 11.4 Å². The van der Waals surface area contributed by atoms with Gasteiger partial charge in [0, 0.05) is 57.9 Å². The number of quaternary nitrogens is 2. The highest BCUT2D eigenvalue weighted by atomic mass is 35.5. The molecule has 1 aliphatic rings. The van der Waals surface area contributed by atoms with Crippen LogP contribution in [0, 0.1) is 20.2 Å². The number of likely N-dealkylation sites (N-methyl/N-ethyl adjacent to an activating group) is 2. The third-order valence-electron chi connectivity index (χ3n) is 8.66. The fourth-order valence-electron chi connectivity index (χ4n) is 6.10. The molecule has 12 nitrogen and oxygen atoms in total. The second-order valence-corrected chi connectivity index (χ2v) is 13.5. The smallest absolute Gasteiger partial charge is 0.269 e. The Labute approximate surface area is 303 Å². The number of halogens is 2. The van der Waals surface area contributed by atoms with E-state index in [0.29, 0.717) is 81.9 Å². The van der Waals surface area contributed by atoms with E-state index in [1.165, 1.54) is 24.3 Å². The number of benzene rings is 4. The summed E-state index contributed by atoms with van der Waals surface area (Å²) in [6.45, 7) is 3.74. The quantitative estimate of drug-likeness (QED) is 0.0901. The van der Waals surface area contributed by atoms with Gasteiger partial charge in [-0.3, -0.25) is 29.8 Å². The van der Waals surface area contributed by atoms with Crippen LogP contribution in [0.1, 0.15) is 43.0 Å². The van der Waals surface area contributed by atoms with Crippen molar-refractivity contribution in [2.45, 2.75) is 13.1 Å². The van der Waals surface area contributed by atoms with Crippen molar-refractivity contribution >= 4 is 34.3 Å². The molecule has 264 valence electrons. The van der Waals surface area contributed by atoms with Crippen LogP contribution in [-0.2, 0) is 13.1 Å². The Morgan fingerprint density at radius 3 is 1.22 bits per heavy atom. The second kappa shape index (κ2) is 16.2. The Balaban J connectivity index is 0.00000338. The summed E-state index contributed by atoms with van der Waals surface area (Å²) in [6.07, 6.45) is 0. The SMILES string of the molecule is C[N+](C)(CCNc1ccc(NCC[N+](C)(C)Cc2ccc([N+](=O)[O-])cc2)c2c1C(=O)c1ccccc1C2=O)Cc1ccc([N+](=O)[O-])cc1.[Cl-].[Cl-]. The topological polar surface area (TPSA) is 144 Å². The molecule has 0 amide bonds. The molecule has 0 bridgehead atoms. The Morgan fingerprint density at radius 2 is 0.900 bits per heavy atom. The van der Waals surface area contributed by atoms with Gasteiger partial charge in [-0.25, -0.2) is 0 Å². The number of nitrogens with one attached hydrogen (secondary N) is 2. The van der Waals surface area contributed by atoms with Crippen molar-refractivity contribution in [3.63, 3.8) is 0 Å². The largest absolute Gasteiger partial charge is 1.00 e. The number of ketones is 2. The maximum Gasteiger partial charge on any atom is 0.269 e. The summed E-state index contributed by atoms with van der Waals surface area (Å²) in [4.78, 5) is 49.0. The van der Waals surface area contributed by atoms with E-state index < -0.39 is 9.85 Å². The van der Waals surface area contributed by atoms with Crippen LogP contribution < -0.4 is 35.4 Å². The molecule has 0 aliphatic heterocycles. The summed E-state index contributed by atoms with van der Waals surface area (Å²) in [5.41, 5.74) is 4.71. The number of carbonyl (C=O) groups excluding carboxylic acids is 2. The number of hydrogen-bond donors (Lipinski definition) is 2. The number of carbonyl (C=O) groups is 2. The van der Waals surface area contributed by atoms with Gasteiger partial charge < -0.3 is 44.4 Å². The van der Waals surface area contributed by atoms with E-state index in [2.05, 4.69) is 38.8 Å². The van der Waals surface area contributed by atoms with Crippen LogP contribution in [0.25, 0.3) is 0 Å². The zero-order valence-electron chi connectivity index (χ0n) is 28.3. The van der Waals surface area contributed by atoms with Gasteiger partial charge in [-0.05, 0) is 36.4 Å². The van der Waals surface area contributed by atoms with E-state index in [1.807, 2.05) is 12.1 Å². The summed E-state index contributed by atoms with van der Waals surface area (Å²) in [5.74, 6) is -0.416. The normalized spacial score (nSPS) is 12.2. The monoisotopic (exact) mass is 722 g/mol. The predicted molar refractivity (Wildman–Crippen MR) is 184 cm³/mol. The molecular weight excluding hydrogens is 683 g/mol. The third-order valence-corrected chi connectivity index (χ3v) is 8.66. The minimum Gasteiger partial charge on any atom is -1.00 e. The third kappa shape index (κ3) is 9.21. The minimum atomic E-state index is -0.413. The number of rotatable bonds is 14. The summed E-state index contributed by atoms with van der Waals surface area (Å²) < 4.78 is 1.19. The molecular formula is C36H40Cl2N6O6. The van der Waals surface area contributed by atoms with Gasteiger partial charge in [-0.1, -0.05) is 24.3 Å². The fraction of sp³-hybridized carbons (Fsp3) is 0.278. The highest BCUT2D eigenvalue weighted by Gasteiger charge is 2.34. The Bertz CT molecular complexity index is 1750. The first kappa shape index (κ1) is 39.6. The van der Waals surface area contributed by atoms with Gasteiger partial charge in [0.05, 0.1) is 75.3 Å². The Morgan fingerprint density at radius 1 is 0.560 bits per heavy atom. The van der Waals surface area contributed by atoms with Crippen molar-refractivity contribution in [2.24, 2.45) is 0 Å². The molecule has 0 aromatic heterocycles. The molecule has 0 fully saturated rings. The molecule has 0 radical (unpaired) electrons. The van der Waals surface area contributed by atoms with Crippen LogP contribution in [0.5, 0.6) is 0 Å². The van der Waals surface area contributed by atoms with Crippen molar-refractivity contribution in [2.75, 3.05) is 65.0 Å². The van der Waals surface area contributed by atoms with E-state index in [1.54, 1.807) is 48.5 Å². The zero-order chi connectivity index (χ0) is 34.6. The summed E-state index contributed by atoms with van der Waals surface area (Å²) in [7, 11) is 8.27. The molecule has 1 aliphatic carbocycles. The number of hydrogen-bond acceptors (Lipinski definition) is 8. The van der Waals surface area contributed by atoms with Crippen LogP contribution in [0.15, 0.2) is 84.9 Å². The van der Waals surface area contributed by atoms with Crippen molar-refractivity contribution < 1.29 is 53.2 Å². The van der Waals surface area contributed by atoms with Gasteiger partial charge in [0.15, 0.2) is 11.6 Å². The molecule has 4 aromatic carbocycles. The lowest BCUT2D eigenvalue weighted by molar-refractivity contribution is -0.902. The predicted octanol–water partition coefficient (Wildman–Crippen LogP) is -0.337. The number of non-ortho nitro benzene ring substituents is 2. The fourth-order valence-corrected chi connectivity index (χ4v) is 6.10. The van der Waals surface area contributed by atoms with Gasteiger partial charge in [0.2, 0.25) is 0 Å². The summed E-state index contributed by atoms with van der Waals surface area (Å²) >= 11 is 0. The molecule has 0 saturated carbocycles. The van der Waals surface area contributed by atoms with E-state index >= 15 is 0 Å². The van der Waals surface area contributed by atoms with Crippen LogP contribution in [-0.4, -0.2) is 84.7 Å². The van der Waals surface area contributed by atoms with Crippen molar-refractivity contribution in [1.82, 2.24) is 0 Å². The second-order valence-electron chi connectivity index (χ2n) is 13.5. The Kier molecular flexibility index (Phi) is 12.8. The molecule has 0 saturated heterocycles. The van der Waals surface area contributed by atoms with E-state index in [-0.39, 0.29) is 47.8 Å². The van der Waals surface area contributed by atoms with Gasteiger partial charge in [-0.15, -0.1) is 0 Å². The average Bonchev–Trinajstić information content (AvgIpc) is 3.04. The standard InChI is InChI=1S/C36H38N6O6.2ClH/c1-41(2,23-25-9-13-27(14-10-25)39(45)46)21-19-37-31-17-18-32(34-33(31)35(43)29-7-5-6-8-30(29)36(34)44)38-20-22-42(3,4)24-26-11-15-28(16-12-26)40(47)48;;/h5-18H,19-24H2,1-4H3;2*1H. The van der Waals surface area contributed by atoms with Crippen LogP contribution in [0.2, 0.25) is 0 Å². The highest BCUT2D eigenvalue weighted by Crippen LogP contribution is 2.36. The number of fused-ring (bicyclic) bond motifs is 2. The first-order chi connectivity index (χ1) is 22.7. The van der Waals surface area contributed by atoms with Crippen LogP contribution in [0.4, 0.5) is 22.7 Å². The average molecular weight is 724 g/mol. The lowest BCUT2D eigenvalue weighted by Gasteiger charge is -2.31. The van der Waals surface area contributed by atoms with Crippen LogP contribution >= 0.6 is 0 Å². The minimum absolute atomic E-state index is 0. The van der Waals surface area contributed by atoms with Gasteiger partial charge >= 0.3 is 0 Å². The molecule has 0 heterocycles. The molecule has 5 rings (SSSR count). The van der Waals surface area contributed by atoms with Crippen molar-refractivity contribution in [1.29, 1.82) is 0 Å². The lowest BCUT2D eigenvalue weighted by Crippen LogP contribution is -3.00. The molecule has 50 heavy (non-hydrogen) atoms. The molecule has 0 spiro atoms. The number of anilines is 2. The maximum atomic E-state index is 13.9. The van der Waals surface area contributed by atoms with E-state index in [4.69, 9.17) is 0 Å². The molecule has 0 atom stereocenters. The van der Waals surface area contributed by atoms with Crippen molar-refractivity contribution in [3.8, 4) is 0 Å². The summed E-state index contributed by atoms with van der Waals surface area (Å²) in [5, 5.41) is 28.9. The van der Waals surface area contributed by atoms with Gasteiger partial charge in [-0.2, -0.15) is 0 Å². The zero-order valence-corrected chi connectivity index (χ0v) is 29.8.